The molecular formula is C23H19O6S+. The Balaban J connectivity index is 1.08. The van der Waals surface area contributed by atoms with Gasteiger partial charge in [0.1, 0.15) is 17.2 Å². The maximum Gasteiger partial charge on any atom is 0.344 e. The van der Waals surface area contributed by atoms with Gasteiger partial charge in [0.25, 0.3) is 0 Å². The van der Waals surface area contributed by atoms with Crippen LogP contribution in [-0.4, -0.2) is 43.0 Å². The zero-order valence-corrected chi connectivity index (χ0v) is 16.7. The second-order valence-corrected chi connectivity index (χ2v) is 9.63. The summed E-state index contributed by atoms with van der Waals surface area (Å²) in [6.45, 7) is -0.203. The Bertz CT molecular complexity index is 1140. The van der Waals surface area contributed by atoms with Crippen molar-refractivity contribution in [1.29, 1.82) is 0 Å². The molecule has 7 heteroatoms. The van der Waals surface area contributed by atoms with E-state index >= 15 is 0 Å². The molecule has 0 N–H and O–H groups in total. The lowest BCUT2D eigenvalue weighted by atomic mass is 9.88. The number of carbonyl (C=O) groups excluding carboxylic acids is 2. The normalized spacial score (nSPS) is 29.3. The molecule has 6 nitrogen and oxygen atoms in total. The van der Waals surface area contributed by atoms with Gasteiger partial charge in [-0.1, -0.05) is 12.1 Å². The fraction of sp³-hybridized carbons (Fsp3) is 0.304. The lowest BCUT2D eigenvalue weighted by Crippen LogP contribution is -2.40. The van der Waals surface area contributed by atoms with Crippen LogP contribution in [0.4, 0.5) is 0 Å². The van der Waals surface area contributed by atoms with Gasteiger partial charge < -0.3 is 18.9 Å². The summed E-state index contributed by atoms with van der Waals surface area (Å²) in [7, 11) is -0.0782. The zero-order chi connectivity index (χ0) is 20.2. The van der Waals surface area contributed by atoms with Crippen molar-refractivity contribution in [3.05, 3.63) is 60.0 Å². The van der Waals surface area contributed by atoms with Gasteiger partial charge in [0.05, 0.1) is 12.0 Å². The number of esters is 2. The third kappa shape index (κ3) is 2.80. The first-order valence-electron chi connectivity index (χ1n) is 9.96. The molecule has 3 aliphatic heterocycles. The van der Waals surface area contributed by atoms with E-state index in [2.05, 4.69) is 29.6 Å². The highest BCUT2D eigenvalue weighted by Gasteiger charge is 2.65. The Hall–Kier alpha value is -2.90. The molecule has 0 amide bonds. The molecule has 3 aromatic rings. The minimum absolute atomic E-state index is 0.0782. The summed E-state index contributed by atoms with van der Waals surface area (Å²) < 4.78 is 23.5. The zero-order valence-electron chi connectivity index (χ0n) is 15.9. The third-order valence-electron chi connectivity index (χ3n) is 6.03. The maximum atomic E-state index is 12.3. The number of rotatable bonds is 5. The van der Waals surface area contributed by atoms with Gasteiger partial charge in [0, 0.05) is 34.1 Å². The van der Waals surface area contributed by atoms with Gasteiger partial charge in [0.15, 0.2) is 28.4 Å². The van der Waals surface area contributed by atoms with Gasteiger partial charge in [-0.3, -0.25) is 4.79 Å². The molecular weight excluding hydrogens is 404 g/mol. The molecule has 0 radical (unpaired) electrons. The van der Waals surface area contributed by atoms with Gasteiger partial charge in [-0.2, -0.15) is 0 Å². The van der Waals surface area contributed by atoms with Crippen LogP contribution in [0.25, 0.3) is 15.0 Å². The summed E-state index contributed by atoms with van der Waals surface area (Å²) in [4.78, 5) is 25.2. The second kappa shape index (κ2) is 6.82. The van der Waals surface area contributed by atoms with Crippen LogP contribution in [0.15, 0.2) is 60.0 Å². The Kier molecular flexibility index (Phi) is 4.07. The molecule has 2 bridgehead atoms. The highest BCUT2D eigenvalue weighted by atomic mass is 32.2. The van der Waals surface area contributed by atoms with Crippen molar-refractivity contribution in [1.82, 2.24) is 0 Å². The van der Waals surface area contributed by atoms with Crippen LogP contribution in [0.1, 0.15) is 6.42 Å². The van der Waals surface area contributed by atoms with Crippen LogP contribution in [0.2, 0.25) is 0 Å². The predicted molar refractivity (Wildman–Crippen MR) is 110 cm³/mol. The number of benzene rings is 2. The number of thiophene rings is 1. The minimum Gasteiger partial charge on any atom is -0.482 e. The van der Waals surface area contributed by atoms with E-state index in [0.29, 0.717) is 12.2 Å². The first-order valence-corrected chi connectivity index (χ1v) is 11.2. The molecule has 4 heterocycles. The molecule has 3 aliphatic rings. The fourth-order valence-electron chi connectivity index (χ4n) is 4.63. The molecule has 30 heavy (non-hydrogen) atoms. The lowest BCUT2D eigenvalue weighted by Gasteiger charge is -2.22. The standard InChI is InChI=1S/C23H19O6S/c24-19(28-21-17-11-16-20(27-17)22(21)29-23(16)25)12-26-14-5-7-15(8-6-14)30-10-9-13-3-1-2-4-18(13)30/h1-10,16-17,20-22H,11-12H2/q+1. The van der Waals surface area contributed by atoms with Crippen LogP contribution in [0, 0.1) is 5.92 Å². The van der Waals surface area contributed by atoms with Crippen LogP contribution in [0.3, 0.4) is 0 Å². The topological polar surface area (TPSA) is 71.1 Å². The Morgan fingerprint density at radius 1 is 1.07 bits per heavy atom. The smallest absolute Gasteiger partial charge is 0.344 e. The largest absolute Gasteiger partial charge is 0.482 e. The van der Waals surface area contributed by atoms with Crippen molar-refractivity contribution in [2.75, 3.05) is 6.61 Å². The van der Waals surface area contributed by atoms with E-state index in [9.17, 15) is 9.59 Å². The highest BCUT2D eigenvalue weighted by Crippen LogP contribution is 2.47. The van der Waals surface area contributed by atoms with Crippen LogP contribution in [-0.2, 0) is 23.8 Å². The van der Waals surface area contributed by atoms with E-state index in [0.717, 1.165) is 0 Å². The van der Waals surface area contributed by atoms with E-state index in [1.807, 2.05) is 30.3 Å². The predicted octanol–water partition coefficient (Wildman–Crippen LogP) is 3.58. The Morgan fingerprint density at radius 3 is 2.77 bits per heavy atom. The van der Waals surface area contributed by atoms with E-state index < -0.39 is 18.2 Å². The summed E-state index contributed by atoms with van der Waals surface area (Å²) in [5.41, 5.74) is 0. The van der Waals surface area contributed by atoms with Gasteiger partial charge in [0.2, 0.25) is 0 Å². The van der Waals surface area contributed by atoms with Gasteiger partial charge in [-0.05, 0) is 30.7 Å². The van der Waals surface area contributed by atoms with Gasteiger partial charge in [-0.25, -0.2) is 4.79 Å². The highest BCUT2D eigenvalue weighted by molar-refractivity contribution is 7.43. The average Bonchev–Trinajstić information content (AvgIpc) is 3.50. The van der Waals surface area contributed by atoms with E-state index in [-0.39, 0.29) is 41.2 Å². The van der Waals surface area contributed by atoms with E-state index in [4.69, 9.17) is 18.9 Å². The van der Waals surface area contributed by atoms with E-state index in [1.165, 1.54) is 15.0 Å². The first kappa shape index (κ1) is 17.9. The third-order valence-corrected chi connectivity index (χ3v) is 8.06. The quantitative estimate of drug-likeness (QED) is 0.462. The number of ether oxygens (including phenoxy) is 4. The van der Waals surface area contributed by atoms with Crippen molar-refractivity contribution in [2.24, 2.45) is 5.92 Å². The Labute approximate surface area is 175 Å². The number of hydrogen-bond acceptors (Lipinski definition) is 6. The van der Waals surface area contributed by atoms with Crippen molar-refractivity contribution in [3.8, 4) is 10.6 Å². The fourth-order valence-corrected chi connectivity index (χ4v) is 6.52. The molecule has 6 unspecified atom stereocenters. The van der Waals surface area contributed by atoms with Crippen LogP contribution < -0.4 is 4.74 Å². The molecule has 152 valence electrons. The maximum absolute atomic E-state index is 12.3. The minimum atomic E-state index is -0.536. The van der Waals surface area contributed by atoms with E-state index in [1.54, 1.807) is 0 Å². The molecule has 0 spiro atoms. The number of carbonyl (C=O) groups is 2. The molecule has 3 saturated heterocycles. The summed E-state index contributed by atoms with van der Waals surface area (Å²) in [6.07, 6.45) is -0.994. The molecule has 0 saturated carbocycles. The first-order chi connectivity index (χ1) is 14.7. The van der Waals surface area contributed by atoms with Crippen molar-refractivity contribution in [3.63, 3.8) is 0 Å². The van der Waals surface area contributed by atoms with Gasteiger partial charge >= 0.3 is 11.9 Å². The summed E-state index contributed by atoms with van der Waals surface area (Å²) in [6, 6.07) is 18.3. The molecule has 6 atom stereocenters. The average molecular weight is 423 g/mol. The summed E-state index contributed by atoms with van der Waals surface area (Å²) >= 11 is 0. The molecule has 0 aliphatic carbocycles. The van der Waals surface area contributed by atoms with Crippen molar-refractivity contribution < 1.29 is 28.5 Å². The SMILES string of the molecule is O=C(COc1ccc(-[s+]2ccc3ccccc32)cc1)OC1C2CC3C(=O)OC1C3O2. The van der Waals surface area contributed by atoms with Crippen LogP contribution in [0.5, 0.6) is 5.75 Å². The lowest BCUT2D eigenvalue weighted by molar-refractivity contribution is -0.162. The molecule has 3 fully saturated rings. The number of hydrogen-bond donors (Lipinski definition) is 0. The summed E-state index contributed by atoms with van der Waals surface area (Å²) in [5, 5.41) is 3.48. The van der Waals surface area contributed by atoms with Crippen LogP contribution >= 0.6 is 10.5 Å². The molecule has 6 rings (SSSR count). The van der Waals surface area contributed by atoms with Gasteiger partial charge in [-0.15, -0.1) is 0 Å². The number of fused-ring (bicyclic) bond motifs is 2. The molecule has 2 aromatic carbocycles. The monoisotopic (exact) mass is 423 g/mol. The second-order valence-electron chi connectivity index (χ2n) is 7.78. The van der Waals surface area contributed by atoms with Crippen molar-refractivity contribution >= 4 is 32.5 Å². The molecule has 1 aromatic heterocycles. The summed E-state index contributed by atoms with van der Waals surface area (Å²) in [5.74, 6) is -0.337. The Morgan fingerprint density at radius 2 is 1.90 bits per heavy atom. The van der Waals surface area contributed by atoms with Crippen molar-refractivity contribution in [2.45, 2.75) is 30.8 Å².